The average molecular weight is 200 g/mol. The van der Waals surface area contributed by atoms with Crippen molar-refractivity contribution in [2.75, 3.05) is 6.61 Å². The topological polar surface area (TPSA) is 37.3 Å². The molecule has 13 heavy (non-hydrogen) atoms. The monoisotopic (exact) mass is 200 g/mol. The minimum Gasteiger partial charge on any atom is -0.395 e. The van der Waals surface area contributed by atoms with Crippen molar-refractivity contribution >= 4 is 13.9 Å². The molecule has 0 amide bonds. The number of Topliss-reactive ketones (excluding diaryl/α,β-unsaturated/α-hetero) is 1. The van der Waals surface area contributed by atoms with Crippen LogP contribution in [0.5, 0.6) is 0 Å². The maximum Gasteiger partial charge on any atom is 0.141 e. The molecule has 0 saturated heterocycles. The first-order valence-electron chi connectivity index (χ1n) is 4.96. The Labute approximate surface area is 81.4 Å². The molecule has 1 N–H and O–H groups in total. The summed E-state index contributed by atoms with van der Waals surface area (Å²) in [5, 5.41) is 9.17. The van der Waals surface area contributed by atoms with E-state index < -0.39 is 13.5 Å². The lowest BCUT2D eigenvalue weighted by molar-refractivity contribution is -0.126. The first-order valence-corrected chi connectivity index (χ1v) is 8.54. The molecule has 0 radical (unpaired) electrons. The van der Waals surface area contributed by atoms with Crippen molar-refractivity contribution in [1.82, 2.24) is 0 Å². The maximum absolute atomic E-state index is 12.0. The fourth-order valence-electron chi connectivity index (χ4n) is 2.12. The first kappa shape index (κ1) is 10.9. The molecule has 1 aliphatic carbocycles. The summed E-state index contributed by atoms with van der Waals surface area (Å²) >= 11 is 0. The summed E-state index contributed by atoms with van der Waals surface area (Å²) in [6.07, 6.45) is 1.86. The van der Waals surface area contributed by atoms with Crippen molar-refractivity contribution in [1.29, 1.82) is 0 Å². The second-order valence-electron chi connectivity index (χ2n) is 5.54. The normalized spacial score (nSPS) is 35.5. The molecule has 1 aliphatic rings. The predicted molar refractivity (Wildman–Crippen MR) is 56.5 cm³/mol. The maximum atomic E-state index is 12.0. The standard InChI is InChI=1S/C10H20O2Si/c1-10(7-11)6-5-8(9(10)12)13(2,3)4/h8,11H,5-7H2,1-4H3/t8-,10-/m0/s1. The zero-order valence-corrected chi connectivity index (χ0v) is 10.1. The Morgan fingerprint density at radius 2 is 2.08 bits per heavy atom. The Balaban J connectivity index is 2.83. The summed E-state index contributed by atoms with van der Waals surface area (Å²) in [5.41, 5.74) is -0.157. The molecule has 1 saturated carbocycles. The smallest absolute Gasteiger partial charge is 0.141 e. The summed E-state index contributed by atoms with van der Waals surface area (Å²) in [6, 6.07) is 0. The van der Waals surface area contributed by atoms with Gasteiger partial charge in [0.05, 0.1) is 14.7 Å². The van der Waals surface area contributed by atoms with Crippen LogP contribution in [0.15, 0.2) is 0 Å². The molecule has 76 valence electrons. The molecule has 0 aromatic heterocycles. The number of carbonyl (C=O) groups is 1. The third-order valence-electron chi connectivity index (χ3n) is 3.29. The molecule has 2 atom stereocenters. The summed E-state index contributed by atoms with van der Waals surface area (Å²) < 4.78 is 0. The Bertz CT molecular complexity index is 219. The van der Waals surface area contributed by atoms with E-state index in [1.54, 1.807) is 0 Å². The number of aliphatic hydroxyl groups is 1. The van der Waals surface area contributed by atoms with Crippen molar-refractivity contribution < 1.29 is 9.90 Å². The predicted octanol–water partition coefficient (Wildman–Crippen LogP) is 2.06. The second-order valence-corrected chi connectivity index (χ2v) is 11.0. The van der Waals surface area contributed by atoms with Crippen LogP contribution in [0.3, 0.4) is 0 Å². The molecule has 0 bridgehead atoms. The molecular weight excluding hydrogens is 180 g/mol. The third kappa shape index (κ3) is 1.86. The van der Waals surface area contributed by atoms with Crippen LogP contribution in [0.4, 0.5) is 0 Å². The van der Waals surface area contributed by atoms with Gasteiger partial charge in [-0.25, -0.2) is 0 Å². The minimum absolute atomic E-state index is 0.0206. The quantitative estimate of drug-likeness (QED) is 0.693. The zero-order chi connectivity index (χ0) is 10.3. The van der Waals surface area contributed by atoms with Crippen LogP contribution in [0.1, 0.15) is 19.8 Å². The van der Waals surface area contributed by atoms with E-state index in [2.05, 4.69) is 19.6 Å². The molecule has 0 aromatic carbocycles. The van der Waals surface area contributed by atoms with Crippen molar-refractivity contribution in [2.45, 2.75) is 44.9 Å². The lowest BCUT2D eigenvalue weighted by Gasteiger charge is -2.26. The van der Waals surface area contributed by atoms with Gasteiger partial charge in [0.15, 0.2) is 0 Å². The van der Waals surface area contributed by atoms with Crippen molar-refractivity contribution in [3.63, 3.8) is 0 Å². The highest BCUT2D eigenvalue weighted by atomic mass is 28.3. The van der Waals surface area contributed by atoms with E-state index in [9.17, 15) is 9.90 Å². The van der Waals surface area contributed by atoms with Crippen LogP contribution in [0.2, 0.25) is 25.2 Å². The molecule has 3 heteroatoms. The average Bonchev–Trinajstić information content (AvgIpc) is 2.29. The van der Waals surface area contributed by atoms with E-state index >= 15 is 0 Å². The molecule has 1 fully saturated rings. The third-order valence-corrected chi connectivity index (χ3v) is 5.93. The van der Waals surface area contributed by atoms with Crippen LogP contribution < -0.4 is 0 Å². The van der Waals surface area contributed by atoms with Crippen LogP contribution >= 0.6 is 0 Å². The van der Waals surface area contributed by atoms with Crippen molar-refractivity contribution in [3.8, 4) is 0 Å². The van der Waals surface area contributed by atoms with Gasteiger partial charge in [-0.3, -0.25) is 4.79 Å². The second kappa shape index (κ2) is 3.21. The van der Waals surface area contributed by atoms with Crippen LogP contribution in [0, 0.1) is 5.41 Å². The van der Waals surface area contributed by atoms with Gasteiger partial charge in [0.1, 0.15) is 5.78 Å². The highest BCUT2D eigenvalue weighted by molar-refractivity contribution is 6.80. The van der Waals surface area contributed by atoms with E-state index in [1.807, 2.05) is 6.92 Å². The highest BCUT2D eigenvalue weighted by Crippen LogP contribution is 2.45. The van der Waals surface area contributed by atoms with Gasteiger partial charge in [-0.05, 0) is 12.8 Å². The Kier molecular flexibility index (Phi) is 2.70. The Hall–Kier alpha value is -0.153. The molecule has 0 aliphatic heterocycles. The van der Waals surface area contributed by atoms with Crippen molar-refractivity contribution in [3.05, 3.63) is 0 Å². The number of carbonyl (C=O) groups excluding carboxylic acids is 1. The molecule has 1 rings (SSSR count). The number of aliphatic hydroxyl groups excluding tert-OH is 1. The SMILES string of the molecule is C[C@@]1(CO)CC[C@H]([Si](C)(C)C)C1=O. The van der Waals surface area contributed by atoms with Crippen LogP contribution in [-0.4, -0.2) is 25.6 Å². The van der Waals surface area contributed by atoms with Gasteiger partial charge in [-0.1, -0.05) is 26.6 Å². The lowest BCUT2D eigenvalue weighted by atomic mass is 9.89. The molecular formula is C10H20O2Si. The van der Waals surface area contributed by atoms with E-state index in [1.165, 1.54) is 0 Å². The number of hydrogen-bond donors (Lipinski definition) is 1. The summed E-state index contributed by atoms with van der Waals surface area (Å²) in [4.78, 5) is 12.0. The van der Waals surface area contributed by atoms with E-state index in [0.717, 1.165) is 12.8 Å². The number of hydrogen-bond acceptors (Lipinski definition) is 2. The van der Waals surface area contributed by atoms with Gasteiger partial charge in [-0.15, -0.1) is 0 Å². The summed E-state index contributed by atoms with van der Waals surface area (Å²) in [6.45, 7) is 8.62. The van der Waals surface area contributed by atoms with Crippen LogP contribution in [-0.2, 0) is 4.79 Å². The van der Waals surface area contributed by atoms with Crippen molar-refractivity contribution in [2.24, 2.45) is 5.41 Å². The lowest BCUT2D eigenvalue weighted by Crippen LogP contribution is -2.36. The van der Waals surface area contributed by atoms with Gasteiger partial charge < -0.3 is 5.11 Å². The summed E-state index contributed by atoms with van der Waals surface area (Å²) in [7, 11) is -1.35. The zero-order valence-electron chi connectivity index (χ0n) is 9.05. The Morgan fingerprint density at radius 1 is 1.54 bits per heavy atom. The summed E-state index contributed by atoms with van der Waals surface area (Å²) in [5.74, 6) is 0.314. The van der Waals surface area contributed by atoms with Crippen LogP contribution in [0.25, 0.3) is 0 Å². The Morgan fingerprint density at radius 3 is 2.31 bits per heavy atom. The van der Waals surface area contributed by atoms with E-state index in [4.69, 9.17) is 0 Å². The highest BCUT2D eigenvalue weighted by Gasteiger charge is 2.48. The molecule has 0 spiro atoms. The van der Waals surface area contributed by atoms with E-state index in [-0.39, 0.29) is 12.1 Å². The van der Waals surface area contributed by atoms with E-state index in [0.29, 0.717) is 5.78 Å². The number of ketones is 1. The minimum atomic E-state index is -1.35. The first-order chi connectivity index (χ1) is 5.81. The van der Waals surface area contributed by atoms with Gasteiger partial charge in [0.25, 0.3) is 0 Å². The molecule has 0 unspecified atom stereocenters. The fourth-order valence-corrected chi connectivity index (χ4v) is 4.27. The fraction of sp³-hybridized carbons (Fsp3) is 0.900. The molecule has 0 aromatic rings. The largest absolute Gasteiger partial charge is 0.395 e. The van der Waals surface area contributed by atoms with Gasteiger partial charge in [-0.2, -0.15) is 0 Å². The molecule has 2 nitrogen and oxygen atoms in total. The van der Waals surface area contributed by atoms with Gasteiger partial charge in [0.2, 0.25) is 0 Å². The van der Waals surface area contributed by atoms with Gasteiger partial charge in [0, 0.05) is 11.0 Å². The molecule has 0 heterocycles. The number of rotatable bonds is 2. The van der Waals surface area contributed by atoms with Gasteiger partial charge >= 0.3 is 0 Å².